The minimum absolute atomic E-state index is 0.170. The molecule has 108 valence electrons. The van der Waals surface area contributed by atoms with Crippen molar-refractivity contribution in [3.05, 3.63) is 58.7 Å². The number of nitrogens with two attached hydrogens (primary N) is 1. The summed E-state index contributed by atoms with van der Waals surface area (Å²) in [5.41, 5.74) is 4.05. The van der Waals surface area contributed by atoms with Gasteiger partial charge in [-0.05, 0) is 18.1 Å². The van der Waals surface area contributed by atoms with Crippen LogP contribution in [0.2, 0.25) is 5.02 Å². The number of nitrogen functional groups attached to an aromatic ring is 1. The number of anilines is 1. The normalized spacial score (nSPS) is 19.9. The Hall–Kier alpha value is -2.11. The number of halogens is 1. The predicted octanol–water partition coefficient (Wildman–Crippen LogP) is 2.31. The van der Waals surface area contributed by atoms with Crippen LogP contribution in [-0.4, -0.2) is 16.9 Å². The SMILES string of the molecule is NNc1ncc(C(=O)NC2CC2c2ccccc2)cc1Cl. The summed E-state index contributed by atoms with van der Waals surface area (Å²) in [5, 5.41) is 3.31. The van der Waals surface area contributed by atoms with E-state index in [4.69, 9.17) is 17.4 Å². The maximum Gasteiger partial charge on any atom is 0.253 e. The van der Waals surface area contributed by atoms with Gasteiger partial charge in [0.05, 0.1) is 10.6 Å². The molecule has 1 saturated carbocycles. The van der Waals surface area contributed by atoms with E-state index < -0.39 is 0 Å². The summed E-state index contributed by atoms with van der Waals surface area (Å²) < 4.78 is 0. The number of carbonyl (C=O) groups is 1. The molecule has 21 heavy (non-hydrogen) atoms. The van der Waals surface area contributed by atoms with E-state index in [2.05, 4.69) is 27.9 Å². The zero-order chi connectivity index (χ0) is 14.8. The Morgan fingerprint density at radius 2 is 2.10 bits per heavy atom. The summed E-state index contributed by atoms with van der Waals surface area (Å²) in [5.74, 6) is 5.82. The lowest BCUT2D eigenvalue weighted by Crippen LogP contribution is -2.26. The van der Waals surface area contributed by atoms with E-state index in [0.717, 1.165) is 6.42 Å². The molecule has 1 aromatic carbocycles. The monoisotopic (exact) mass is 302 g/mol. The van der Waals surface area contributed by atoms with Gasteiger partial charge in [-0.25, -0.2) is 10.8 Å². The molecule has 1 fully saturated rings. The van der Waals surface area contributed by atoms with Crippen molar-refractivity contribution in [1.29, 1.82) is 0 Å². The van der Waals surface area contributed by atoms with Crippen LogP contribution in [0.4, 0.5) is 5.82 Å². The zero-order valence-electron chi connectivity index (χ0n) is 11.2. The molecule has 2 aromatic rings. The number of nitrogens with one attached hydrogen (secondary N) is 2. The summed E-state index contributed by atoms with van der Waals surface area (Å²) >= 11 is 5.97. The molecule has 4 N–H and O–H groups in total. The third kappa shape index (κ3) is 2.99. The van der Waals surface area contributed by atoms with Gasteiger partial charge in [-0.1, -0.05) is 41.9 Å². The fraction of sp³-hybridized carbons (Fsp3) is 0.200. The van der Waals surface area contributed by atoms with Gasteiger partial charge in [-0.15, -0.1) is 0 Å². The molecule has 1 heterocycles. The molecule has 2 atom stereocenters. The molecular formula is C15H15ClN4O. The van der Waals surface area contributed by atoms with E-state index in [0.29, 0.717) is 22.3 Å². The van der Waals surface area contributed by atoms with Crippen LogP contribution in [0.5, 0.6) is 0 Å². The second-order valence-electron chi connectivity index (χ2n) is 5.03. The van der Waals surface area contributed by atoms with Gasteiger partial charge in [0.1, 0.15) is 0 Å². The number of aromatic nitrogens is 1. The molecule has 1 aliphatic rings. The van der Waals surface area contributed by atoms with Crippen molar-refractivity contribution in [3.63, 3.8) is 0 Å². The highest BCUT2D eigenvalue weighted by Gasteiger charge is 2.39. The maximum atomic E-state index is 12.2. The second kappa shape index (κ2) is 5.71. The molecule has 1 aromatic heterocycles. The number of amides is 1. The summed E-state index contributed by atoms with van der Waals surface area (Å²) in [4.78, 5) is 16.2. The molecule has 1 amide bonds. The van der Waals surface area contributed by atoms with Crippen molar-refractivity contribution in [1.82, 2.24) is 10.3 Å². The van der Waals surface area contributed by atoms with E-state index in [1.54, 1.807) is 6.07 Å². The topological polar surface area (TPSA) is 80.0 Å². The van der Waals surface area contributed by atoms with Crippen LogP contribution in [-0.2, 0) is 0 Å². The van der Waals surface area contributed by atoms with Crippen LogP contribution in [0.25, 0.3) is 0 Å². The van der Waals surface area contributed by atoms with E-state index in [9.17, 15) is 4.79 Å². The van der Waals surface area contributed by atoms with Gasteiger partial charge in [-0.2, -0.15) is 0 Å². The number of hydrazine groups is 1. The van der Waals surface area contributed by atoms with Gasteiger partial charge in [-0.3, -0.25) is 4.79 Å². The van der Waals surface area contributed by atoms with Crippen molar-refractivity contribution in [2.24, 2.45) is 5.84 Å². The highest BCUT2D eigenvalue weighted by molar-refractivity contribution is 6.33. The molecule has 5 nitrogen and oxygen atoms in total. The Balaban J connectivity index is 1.64. The van der Waals surface area contributed by atoms with Gasteiger partial charge in [0.15, 0.2) is 5.82 Å². The molecule has 3 rings (SSSR count). The highest BCUT2D eigenvalue weighted by atomic mass is 35.5. The van der Waals surface area contributed by atoms with E-state index >= 15 is 0 Å². The molecule has 0 saturated heterocycles. The average Bonchev–Trinajstić information content (AvgIpc) is 3.27. The molecule has 6 heteroatoms. The summed E-state index contributed by atoms with van der Waals surface area (Å²) in [6, 6.07) is 11.9. The van der Waals surface area contributed by atoms with Crippen molar-refractivity contribution < 1.29 is 4.79 Å². The van der Waals surface area contributed by atoms with Crippen molar-refractivity contribution in [3.8, 4) is 0 Å². The van der Waals surface area contributed by atoms with Crippen LogP contribution in [0.3, 0.4) is 0 Å². The number of pyridine rings is 1. The molecule has 0 radical (unpaired) electrons. The van der Waals surface area contributed by atoms with Gasteiger partial charge in [0.2, 0.25) is 0 Å². The minimum atomic E-state index is -0.170. The molecule has 0 spiro atoms. The first-order valence-corrected chi connectivity index (χ1v) is 7.05. The first-order chi connectivity index (χ1) is 10.2. The van der Waals surface area contributed by atoms with Gasteiger partial charge < -0.3 is 10.7 Å². The standard InChI is InChI=1S/C15H15ClN4O/c16-12-6-10(8-18-14(12)20-17)15(21)19-13-7-11(13)9-4-2-1-3-5-9/h1-6,8,11,13H,7,17H2,(H,18,20)(H,19,21). The fourth-order valence-corrected chi connectivity index (χ4v) is 2.56. The number of nitrogens with zero attached hydrogens (tertiary/aromatic N) is 1. The first kappa shape index (κ1) is 13.9. The molecule has 1 aliphatic carbocycles. The summed E-state index contributed by atoms with van der Waals surface area (Å²) in [7, 11) is 0. The molecule has 0 aliphatic heterocycles. The van der Waals surface area contributed by atoms with E-state index in [1.165, 1.54) is 11.8 Å². The Bertz CT molecular complexity index is 662. The Labute approximate surface area is 127 Å². The maximum absolute atomic E-state index is 12.2. The quantitative estimate of drug-likeness (QED) is 0.598. The molecular weight excluding hydrogens is 288 g/mol. The summed E-state index contributed by atoms with van der Waals surface area (Å²) in [6.07, 6.45) is 2.41. The number of benzene rings is 1. The lowest BCUT2D eigenvalue weighted by atomic mass is 10.1. The lowest BCUT2D eigenvalue weighted by Gasteiger charge is -2.07. The third-order valence-electron chi connectivity index (χ3n) is 3.57. The van der Waals surface area contributed by atoms with Crippen LogP contribution >= 0.6 is 11.6 Å². The minimum Gasteiger partial charge on any atom is -0.349 e. The van der Waals surface area contributed by atoms with Crippen LogP contribution in [0.15, 0.2) is 42.6 Å². The largest absolute Gasteiger partial charge is 0.349 e. The lowest BCUT2D eigenvalue weighted by molar-refractivity contribution is 0.0950. The van der Waals surface area contributed by atoms with Crippen molar-refractivity contribution in [2.45, 2.75) is 18.4 Å². The Morgan fingerprint density at radius 3 is 2.76 bits per heavy atom. The molecule has 2 unspecified atom stereocenters. The Morgan fingerprint density at radius 1 is 1.33 bits per heavy atom. The van der Waals surface area contributed by atoms with Crippen LogP contribution in [0.1, 0.15) is 28.3 Å². The third-order valence-corrected chi connectivity index (χ3v) is 3.86. The zero-order valence-corrected chi connectivity index (χ0v) is 12.0. The highest BCUT2D eigenvalue weighted by Crippen LogP contribution is 2.40. The Kier molecular flexibility index (Phi) is 3.77. The van der Waals surface area contributed by atoms with Crippen LogP contribution in [0, 0.1) is 0 Å². The number of hydrogen-bond acceptors (Lipinski definition) is 4. The fourth-order valence-electron chi connectivity index (χ4n) is 2.34. The van der Waals surface area contributed by atoms with Gasteiger partial charge >= 0.3 is 0 Å². The smallest absolute Gasteiger partial charge is 0.253 e. The van der Waals surface area contributed by atoms with E-state index in [-0.39, 0.29) is 11.9 Å². The number of carbonyl (C=O) groups excluding carboxylic acids is 1. The average molecular weight is 303 g/mol. The first-order valence-electron chi connectivity index (χ1n) is 6.67. The van der Waals surface area contributed by atoms with Gasteiger partial charge in [0, 0.05) is 18.2 Å². The summed E-state index contributed by atoms with van der Waals surface area (Å²) in [6.45, 7) is 0. The van der Waals surface area contributed by atoms with Crippen LogP contribution < -0.4 is 16.6 Å². The predicted molar refractivity (Wildman–Crippen MR) is 82.1 cm³/mol. The van der Waals surface area contributed by atoms with Crippen molar-refractivity contribution >= 4 is 23.3 Å². The molecule has 0 bridgehead atoms. The van der Waals surface area contributed by atoms with Gasteiger partial charge in [0.25, 0.3) is 5.91 Å². The number of rotatable bonds is 4. The van der Waals surface area contributed by atoms with E-state index in [1.807, 2.05) is 18.2 Å². The van der Waals surface area contributed by atoms with Crippen molar-refractivity contribution in [2.75, 3.05) is 5.43 Å². The second-order valence-corrected chi connectivity index (χ2v) is 5.44. The number of hydrogen-bond donors (Lipinski definition) is 3.